The zero-order valence-corrected chi connectivity index (χ0v) is 17.2. The second-order valence-corrected chi connectivity index (χ2v) is 7.28. The Kier molecular flexibility index (Phi) is 5.53. The SMILES string of the molecule is CCC1=C(CC(=O)O)c2c(OC)cccc2C1=Cc1ccccc1-c1ccccc1. The molecule has 0 saturated heterocycles. The number of carbonyl (C=O) groups is 1. The third-order valence-corrected chi connectivity index (χ3v) is 5.55. The lowest BCUT2D eigenvalue weighted by Crippen LogP contribution is -1.99. The molecule has 0 unspecified atom stereocenters. The highest BCUT2D eigenvalue weighted by Crippen LogP contribution is 2.49. The third-order valence-electron chi connectivity index (χ3n) is 5.55. The molecule has 0 heterocycles. The van der Waals surface area contributed by atoms with Gasteiger partial charge in [0.25, 0.3) is 0 Å². The summed E-state index contributed by atoms with van der Waals surface area (Å²) in [6.45, 7) is 2.08. The Hall–Kier alpha value is -3.59. The van der Waals surface area contributed by atoms with E-state index in [1.165, 1.54) is 0 Å². The van der Waals surface area contributed by atoms with E-state index in [2.05, 4.69) is 43.3 Å². The minimum atomic E-state index is -0.834. The summed E-state index contributed by atoms with van der Waals surface area (Å²) in [7, 11) is 1.63. The van der Waals surface area contributed by atoms with Crippen LogP contribution < -0.4 is 4.74 Å². The van der Waals surface area contributed by atoms with Gasteiger partial charge in [0.1, 0.15) is 5.75 Å². The van der Waals surface area contributed by atoms with Crippen molar-refractivity contribution in [2.24, 2.45) is 0 Å². The number of benzene rings is 3. The molecule has 0 radical (unpaired) electrons. The maximum absolute atomic E-state index is 11.6. The summed E-state index contributed by atoms with van der Waals surface area (Å²) >= 11 is 0. The normalized spacial score (nSPS) is 14.1. The Labute approximate surface area is 177 Å². The number of rotatable bonds is 6. The lowest BCUT2D eigenvalue weighted by atomic mass is 9.94. The van der Waals surface area contributed by atoms with Crippen LogP contribution in [-0.4, -0.2) is 18.2 Å². The van der Waals surface area contributed by atoms with E-state index in [4.69, 9.17) is 4.74 Å². The molecule has 0 atom stereocenters. The van der Waals surface area contributed by atoms with Gasteiger partial charge in [-0.25, -0.2) is 0 Å². The molecular formula is C27H24O3. The van der Waals surface area contributed by atoms with Crippen molar-refractivity contribution in [2.45, 2.75) is 19.8 Å². The lowest BCUT2D eigenvalue weighted by molar-refractivity contribution is -0.135. The molecule has 3 nitrogen and oxygen atoms in total. The van der Waals surface area contributed by atoms with Crippen molar-refractivity contribution in [3.8, 4) is 16.9 Å². The minimum Gasteiger partial charge on any atom is -0.496 e. The predicted octanol–water partition coefficient (Wildman–Crippen LogP) is 6.55. The van der Waals surface area contributed by atoms with Gasteiger partial charge in [-0.15, -0.1) is 0 Å². The number of hydrogen-bond acceptors (Lipinski definition) is 2. The maximum atomic E-state index is 11.6. The maximum Gasteiger partial charge on any atom is 0.307 e. The molecule has 1 aliphatic carbocycles. The van der Waals surface area contributed by atoms with Crippen LogP contribution in [0.5, 0.6) is 5.75 Å². The first kappa shape index (κ1) is 19.7. The topological polar surface area (TPSA) is 46.5 Å². The van der Waals surface area contributed by atoms with E-state index in [1.807, 2.05) is 42.5 Å². The zero-order chi connectivity index (χ0) is 21.1. The molecule has 0 aromatic heterocycles. The first-order chi connectivity index (χ1) is 14.6. The van der Waals surface area contributed by atoms with Crippen molar-refractivity contribution in [2.75, 3.05) is 7.11 Å². The minimum absolute atomic E-state index is 0.0196. The molecule has 1 N–H and O–H groups in total. The van der Waals surface area contributed by atoms with E-state index in [9.17, 15) is 9.90 Å². The van der Waals surface area contributed by atoms with Crippen LogP contribution in [0.1, 0.15) is 36.5 Å². The fourth-order valence-corrected chi connectivity index (χ4v) is 4.29. The summed E-state index contributed by atoms with van der Waals surface area (Å²) in [6, 6.07) is 24.5. The van der Waals surface area contributed by atoms with Gasteiger partial charge in [-0.1, -0.05) is 73.7 Å². The van der Waals surface area contributed by atoms with E-state index in [1.54, 1.807) is 7.11 Å². The highest BCUT2D eigenvalue weighted by Gasteiger charge is 2.29. The van der Waals surface area contributed by atoms with E-state index in [-0.39, 0.29) is 6.42 Å². The first-order valence-corrected chi connectivity index (χ1v) is 10.1. The van der Waals surface area contributed by atoms with Crippen LogP contribution >= 0.6 is 0 Å². The molecule has 0 bridgehead atoms. The molecule has 0 spiro atoms. The Morgan fingerprint density at radius 2 is 1.60 bits per heavy atom. The van der Waals surface area contributed by atoms with Crippen molar-refractivity contribution < 1.29 is 14.6 Å². The summed E-state index contributed by atoms with van der Waals surface area (Å²) in [5, 5.41) is 9.55. The van der Waals surface area contributed by atoms with Gasteiger partial charge < -0.3 is 9.84 Å². The summed E-state index contributed by atoms with van der Waals surface area (Å²) in [4.78, 5) is 11.6. The van der Waals surface area contributed by atoms with Crippen molar-refractivity contribution >= 4 is 23.2 Å². The molecule has 3 heteroatoms. The molecular weight excluding hydrogens is 372 g/mol. The molecule has 150 valence electrons. The molecule has 1 aliphatic rings. The van der Waals surface area contributed by atoms with Crippen molar-refractivity contribution in [3.05, 3.63) is 95.1 Å². The quantitative estimate of drug-likeness (QED) is 0.513. The van der Waals surface area contributed by atoms with Crippen LogP contribution in [0.25, 0.3) is 28.3 Å². The number of hydrogen-bond donors (Lipinski definition) is 1. The Morgan fingerprint density at radius 1 is 0.900 bits per heavy atom. The molecule has 3 aromatic carbocycles. The van der Waals surface area contributed by atoms with Gasteiger partial charge in [0.15, 0.2) is 0 Å². The largest absolute Gasteiger partial charge is 0.496 e. The second kappa shape index (κ2) is 8.42. The van der Waals surface area contributed by atoms with Crippen LogP contribution in [0, 0.1) is 0 Å². The standard InChI is InChI=1S/C27H24O3/c1-3-20-23(16-19-12-7-8-13-21(19)18-10-5-4-6-11-18)22-14-9-15-25(30-2)27(22)24(20)17-26(28)29/h4-16H,3,17H2,1-2H3,(H,28,29). The van der Waals surface area contributed by atoms with Gasteiger partial charge in [0.05, 0.1) is 13.5 Å². The summed E-state index contributed by atoms with van der Waals surface area (Å²) in [6.07, 6.45) is 2.92. The Bertz CT molecular complexity index is 1150. The number of fused-ring (bicyclic) bond motifs is 1. The number of carboxylic acid groups (broad SMARTS) is 1. The van der Waals surface area contributed by atoms with Crippen molar-refractivity contribution in [1.82, 2.24) is 0 Å². The van der Waals surface area contributed by atoms with E-state index in [0.717, 1.165) is 56.7 Å². The summed E-state index contributed by atoms with van der Waals surface area (Å²) in [5.74, 6) is -0.117. The number of methoxy groups -OCH3 is 1. The third kappa shape index (κ3) is 3.55. The van der Waals surface area contributed by atoms with Crippen molar-refractivity contribution in [3.63, 3.8) is 0 Å². The molecule has 0 fully saturated rings. The summed E-state index contributed by atoms with van der Waals surface area (Å²) < 4.78 is 5.60. The number of ether oxygens (including phenoxy) is 1. The fourth-order valence-electron chi connectivity index (χ4n) is 4.29. The smallest absolute Gasteiger partial charge is 0.307 e. The van der Waals surface area contributed by atoms with Gasteiger partial charge in [-0.2, -0.15) is 0 Å². The van der Waals surface area contributed by atoms with E-state index < -0.39 is 5.97 Å². The van der Waals surface area contributed by atoms with Gasteiger partial charge in [0, 0.05) is 5.56 Å². The predicted molar refractivity (Wildman–Crippen MR) is 122 cm³/mol. The second-order valence-electron chi connectivity index (χ2n) is 7.28. The number of allylic oxidation sites excluding steroid dienone is 2. The van der Waals surface area contributed by atoms with Crippen LogP contribution in [0.15, 0.2) is 78.4 Å². The molecule has 30 heavy (non-hydrogen) atoms. The van der Waals surface area contributed by atoms with Crippen LogP contribution in [0.3, 0.4) is 0 Å². The van der Waals surface area contributed by atoms with Gasteiger partial charge >= 0.3 is 5.97 Å². The molecule has 0 saturated carbocycles. The fraction of sp³-hybridized carbons (Fsp3) is 0.148. The molecule has 4 rings (SSSR count). The molecule has 3 aromatic rings. The molecule has 0 amide bonds. The average Bonchev–Trinajstić information content (AvgIpc) is 3.06. The van der Waals surface area contributed by atoms with E-state index >= 15 is 0 Å². The number of aliphatic carboxylic acids is 1. The average molecular weight is 396 g/mol. The van der Waals surface area contributed by atoms with Crippen LogP contribution in [-0.2, 0) is 4.79 Å². The van der Waals surface area contributed by atoms with Crippen molar-refractivity contribution in [1.29, 1.82) is 0 Å². The van der Waals surface area contributed by atoms with Crippen LogP contribution in [0.2, 0.25) is 0 Å². The Morgan fingerprint density at radius 3 is 2.30 bits per heavy atom. The summed E-state index contributed by atoms with van der Waals surface area (Å²) in [5.41, 5.74) is 8.34. The van der Waals surface area contributed by atoms with E-state index in [0.29, 0.717) is 0 Å². The van der Waals surface area contributed by atoms with Gasteiger partial charge in [-0.05, 0) is 57.5 Å². The Balaban J connectivity index is 1.95. The highest BCUT2D eigenvalue weighted by atomic mass is 16.5. The highest BCUT2D eigenvalue weighted by molar-refractivity contribution is 6.09. The van der Waals surface area contributed by atoms with Gasteiger partial charge in [-0.3, -0.25) is 4.79 Å². The number of carboxylic acids is 1. The zero-order valence-electron chi connectivity index (χ0n) is 17.2. The molecule has 0 aliphatic heterocycles. The first-order valence-electron chi connectivity index (χ1n) is 10.1. The van der Waals surface area contributed by atoms with Crippen LogP contribution in [0.4, 0.5) is 0 Å². The lowest BCUT2D eigenvalue weighted by Gasteiger charge is -2.11. The monoisotopic (exact) mass is 396 g/mol. The van der Waals surface area contributed by atoms with Gasteiger partial charge in [0.2, 0.25) is 0 Å².